The molecule has 16 heavy (non-hydrogen) atoms. The highest BCUT2D eigenvalue weighted by Crippen LogP contribution is 2.32. The predicted octanol–water partition coefficient (Wildman–Crippen LogP) is 1.48. The lowest BCUT2D eigenvalue weighted by Crippen LogP contribution is -2.57. The molecule has 3 nitrogen and oxygen atoms in total. The van der Waals surface area contributed by atoms with Crippen molar-refractivity contribution < 1.29 is 4.74 Å². The zero-order valence-corrected chi connectivity index (χ0v) is 10.9. The fraction of sp³-hybridized carbons (Fsp3) is 1.00. The van der Waals surface area contributed by atoms with Gasteiger partial charge in [-0.2, -0.15) is 0 Å². The summed E-state index contributed by atoms with van der Waals surface area (Å²) in [5, 5.41) is 3.46. The summed E-state index contributed by atoms with van der Waals surface area (Å²) in [6.45, 7) is 7.70. The van der Waals surface area contributed by atoms with E-state index in [1.54, 1.807) is 0 Å². The molecule has 94 valence electrons. The highest BCUT2D eigenvalue weighted by atomic mass is 16.5. The molecule has 0 radical (unpaired) electrons. The Morgan fingerprint density at radius 3 is 2.62 bits per heavy atom. The molecule has 3 heteroatoms. The van der Waals surface area contributed by atoms with Crippen LogP contribution in [0.5, 0.6) is 0 Å². The van der Waals surface area contributed by atoms with Crippen LogP contribution in [0.1, 0.15) is 33.1 Å². The van der Waals surface area contributed by atoms with E-state index in [0.717, 1.165) is 25.6 Å². The van der Waals surface area contributed by atoms with Crippen molar-refractivity contribution in [1.29, 1.82) is 0 Å². The molecule has 1 N–H and O–H groups in total. The van der Waals surface area contributed by atoms with Gasteiger partial charge < -0.3 is 10.1 Å². The maximum absolute atomic E-state index is 5.67. The molecular weight excluding hydrogens is 200 g/mol. The van der Waals surface area contributed by atoms with E-state index in [-0.39, 0.29) is 0 Å². The Morgan fingerprint density at radius 1 is 1.31 bits per heavy atom. The van der Waals surface area contributed by atoms with Gasteiger partial charge in [0.05, 0.1) is 6.61 Å². The third-order valence-electron chi connectivity index (χ3n) is 3.95. The van der Waals surface area contributed by atoms with Gasteiger partial charge >= 0.3 is 0 Å². The van der Waals surface area contributed by atoms with Crippen LogP contribution >= 0.6 is 0 Å². The Bertz CT molecular complexity index is 216. The quantitative estimate of drug-likeness (QED) is 0.768. The summed E-state index contributed by atoms with van der Waals surface area (Å²) in [5.74, 6) is 0.960. The standard InChI is InChI=1S/C13H26N2O/c1-10(2)15(8-11-4-5-11)13-9-16-7-6-12(13)14-3/h10-14H,4-9H2,1-3H3. The van der Waals surface area contributed by atoms with Gasteiger partial charge in [0.25, 0.3) is 0 Å². The Kier molecular flexibility index (Phi) is 4.22. The van der Waals surface area contributed by atoms with Crippen LogP contribution in [-0.2, 0) is 4.74 Å². The number of likely N-dealkylation sites (N-methyl/N-ethyl adjacent to an activating group) is 1. The van der Waals surface area contributed by atoms with Crippen LogP contribution in [0.2, 0.25) is 0 Å². The summed E-state index contributed by atoms with van der Waals surface area (Å²) in [6, 6.07) is 1.80. The average Bonchev–Trinajstić information content (AvgIpc) is 3.09. The van der Waals surface area contributed by atoms with Crippen LogP contribution in [0, 0.1) is 5.92 Å². The molecule has 0 aromatic carbocycles. The maximum Gasteiger partial charge on any atom is 0.0637 e. The fourth-order valence-corrected chi connectivity index (χ4v) is 2.71. The molecule has 2 fully saturated rings. The monoisotopic (exact) mass is 226 g/mol. The minimum absolute atomic E-state index is 0.569. The van der Waals surface area contributed by atoms with E-state index in [9.17, 15) is 0 Å². The van der Waals surface area contributed by atoms with Crippen molar-refractivity contribution in [3.05, 3.63) is 0 Å². The summed E-state index contributed by atoms with van der Waals surface area (Å²) in [7, 11) is 2.08. The van der Waals surface area contributed by atoms with E-state index < -0.39 is 0 Å². The number of nitrogens with zero attached hydrogens (tertiary/aromatic N) is 1. The van der Waals surface area contributed by atoms with E-state index in [1.165, 1.54) is 19.4 Å². The molecule has 1 aliphatic carbocycles. The molecule has 0 aromatic rings. The minimum atomic E-state index is 0.569. The van der Waals surface area contributed by atoms with E-state index in [4.69, 9.17) is 4.74 Å². The lowest BCUT2D eigenvalue weighted by atomic mass is 10.00. The summed E-state index contributed by atoms with van der Waals surface area (Å²) < 4.78 is 5.67. The van der Waals surface area contributed by atoms with Crippen molar-refractivity contribution in [2.75, 3.05) is 26.8 Å². The molecule has 1 saturated heterocycles. The summed E-state index contributed by atoms with van der Waals surface area (Å²) in [5.41, 5.74) is 0. The first-order chi connectivity index (χ1) is 7.72. The maximum atomic E-state index is 5.67. The fourth-order valence-electron chi connectivity index (χ4n) is 2.71. The molecule has 0 amide bonds. The Hall–Kier alpha value is -0.120. The van der Waals surface area contributed by atoms with Gasteiger partial charge in [0, 0.05) is 31.3 Å². The van der Waals surface area contributed by atoms with Crippen molar-refractivity contribution in [2.45, 2.75) is 51.2 Å². The minimum Gasteiger partial charge on any atom is -0.380 e. The highest BCUT2D eigenvalue weighted by Gasteiger charge is 2.34. The number of hydrogen-bond donors (Lipinski definition) is 1. The number of rotatable bonds is 5. The SMILES string of the molecule is CNC1CCOCC1N(CC1CC1)C(C)C. The molecule has 1 saturated carbocycles. The van der Waals surface area contributed by atoms with E-state index in [1.807, 2.05) is 0 Å². The van der Waals surface area contributed by atoms with E-state index in [0.29, 0.717) is 18.1 Å². The zero-order chi connectivity index (χ0) is 11.5. The Labute approximate surface area is 99.5 Å². The lowest BCUT2D eigenvalue weighted by molar-refractivity contribution is -0.0147. The van der Waals surface area contributed by atoms with Crippen molar-refractivity contribution in [3.8, 4) is 0 Å². The van der Waals surface area contributed by atoms with Crippen molar-refractivity contribution in [1.82, 2.24) is 10.2 Å². The highest BCUT2D eigenvalue weighted by molar-refractivity contribution is 4.90. The van der Waals surface area contributed by atoms with Crippen LogP contribution in [0.25, 0.3) is 0 Å². The number of ether oxygens (including phenoxy) is 1. The average molecular weight is 226 g/mol. The van der Waals surface area contributed by atoms with Gasteiger partial charge in [0.2, 0.25) is 0 Å². The molecule has 1 heterocycles. The van der Waals surface area contributed by atoms with Gasteiger partial charge in [0.1, 0.15) is 0 Å². The third-order valence-corrected chi connectivity index (χ3v) is 3.95. The second-order valence-corrected chi connectivity index (χ2v) is 5.56. The van der Waals surface area contributed by atoms with Gasteiger partial charge in [-0.1, -0.05) is 0 Å². The molecule has 0 aromatic heterocycles. The molecule has 2 unspecified atom stereocenters. The van der Waals surface area contributed by atoms with Crippen LogP contribution in [0.3, 0.4) is 0 Å². The van der Waals surface area contributed by atoms with Crippen LogP contribution in [-0.4, -0.2) is 49.8 Å². The normalized spacial score (nSPS) is 31.3. The molecule has 2 aliphatic rings. The molecule has 0 spiro atoms. The first kappa shape index (κ1) is 12.3. The number of nitrogens with one attached hydrogen (secondary N) is 1. The summed E-state index contributed by atoms with van der Waals surface area (Å²) in [6.07, 6.45) is 4.01. The van der Waals surface area contributed by atoms with Gasteiger partial charge in [-0.15, -0.1) is 0 Å². The van der Waals surface area contributed by atoms with Crippen LogP contribution in [0.15, 0.2) is 0 Å². The van der Waals surface area contributed by atoms with Crippen LogP contribution in [0.4, 0.5) is 0 Å². The third kappa shape index (κ3) is 2.96. The second-order valence-electron chi connectivity index (χ2n) is 5.56. The van der Waals surface area contributed by atoms with Gasteiger partial charge in [-0.05, 0) is 46.1 Å². The number of hydrogen-bond acceptors (Lipinski definition) is 3. The van der Waals surface area contributed by atoms with Gasteiger partial charge in [-0.3, -0.25) is 4.90 Å². The largest absolute Gasteiger partial charge is 0.380 e. The second kappa shape index (κ2) is 5.48. The first-order valence-electron chi connectivity index (χ1n) is 6.73. The Morgan fingerprint density at radius 2 is 2.06 bits per heavy atom. The first-order valence-corrected chi connectivity index (χ1v) is 6.73. The van der Waals surface area contributed by atoms with Crippen molar-refractivity contribution in [3.63, 3.8) is 0 Å². The molecule has 2 atom stereocenters. The van der Waals surface area contributed by atoms with E-state index >= 15 is 0 Å². The summed E-state index contributed by atoms with van der Waals surface area (Å²) in [4.78, 5) is 2.65. The van der Waals surface area contributed by atoms with Gasteiger partial charge in [0.15, 0.2) is 0 Å². The molecule has 2 rings (SSSR count). The molecule has 0 bridgehead atoms. The predicted molar refractivity (Wildman–Crippen MR) is 66.6 cm³/mol. The smallest absolute Gasteiger partial charge is 0.0637 e. The van der Waals surface area contributed by atoms with Crippen molar-refractivity contribution >= 4 is 0 Å². The molecular formula is C13H26N2O. The van der Waals surface area contributed by atoms with E-state index in [2.05, 4.69) is 31.1 Å². The topological polar surface area (TPSA) is 24.5 Å². The van der Waals surface area contributed by atoms with Crippen molar-refractivity contribution in [2.24, 2.45) is 5.92 Å². The Balaban J connectivity index is 1.97. The lowest BCUT2D eigenvalue weighted by Gasteiger charge is -2.42. The van der Waals surface area contributed by atoms with Crippen LogP contribution < -0.4 is 5.32 Å². The molecule has 1 aliphatic heterocycles. The summed E-state index contributed by atoms with van der Waals surface area (Å²) >= 11 is 0. The van der Waals surface area contributed by atoms with Gasteiger partial charge in [-0.25, -0.2) is 0 Å². The zero-order valence-electron chi connectivity index (χ0n) is 10.9.